The van der Waals surface area contributed by atoms with Crippen LogP contribution in [0.2, 0.25) is 5.02 Å². The van der Waals surface area contributed by atoms with Crippen molar-refractivity contribution in [2.75, 3.05) is 17.2 Å². The predicted molar refractivity (Wildman–Crippen MR) is 114 cm³/mol. The molecule has 144 valence electrons. The topological polar surface area (TPSA) is 58.1 Å². The summed E-state index contributed by atoms with van der Waals surface area (Å²) in [5, 5.41) is 4.87. The molecule has 9 heteroatoms. The van der Waals surface area contributed by atoms with E-state index in [2.05, 4.69) is 31.2 Å². The van der Waals surface area contributed by atoms with Crippen molar-refractivity contribution < 1.29 is 9.18 Å². The third-order valence-corrected chi connectivity index (χ3v) is 6.27. The predicted octanol–water partition coefficient (Wildman–Crippen LogP) is 5.06. The van der Waals surface area contributed by atoms with Crippen LogP contribution in [0.3, 0.4) is 0 Å². The maximum absolute atomic E-state index is 13.4. The van der Waals surface area contributed by atoms with Crippen molar-refractivity contribution in [2.24, 2.45) is 0 Å². The fraction of sp³-hybridized carbons (Fsp3) is 0.211. The molecular weight excluding hydrogens is 467 g/mol. The van der Waals surface area contributed by atoms with Gasteiger partial charge < -0.3 is 10.2 Å². The van der Waals surface area contributed by atoms with Gasteiger partial charge in [0.15, 0.2) is 0 Å². The van der Waals surface area contributed by atoms with Crippen LogP contribution in [0, 0.1) is 5.82 Å². The summed E-state index contributed by atoms with van der Waals surface area (Å²) in [6, 6.07) is 4.46. The maximum Gasteiger partial charge on any atom is 0.246 e. The molecule has 1 aromatic carbocycles. The molecule has 0 spiro atoms. The Morgan fingerprint density at radius 1 is 1.43 bits per heavy atom. The summed E-state index contributed by atoms with van der Waals surface area (Å²) < 4.78 is 13.4. The van der Waals surface area contributed by atoms with Gasteiger partial charge in [0, 0.05) is 22.4 Å². The van der Waals surface area contributed by atoms with Gasteiger partial charge in [0.25, 0.3) is 0 Å². The Balaban J connectivity index is 1.66. The Bertz CT molecular complexity index is 1090. The Hall–Kier alpha value is -2.03. The van der Waals surface area contributed by atoms with Gasteiger partial charge in [-0.05, 0) is 36.3 Å². The standard InChI is InChI=1S/C19H15BrClFN4OS/c20-6-1-2-16(27)26-7-5-12-15(9-26)28-19-17(12)18(23-10-24-19)25-11-3-4-14(22)13(21)8-11/h1-4,8,10H,5-7,9H2,(H,23,24,25). The summed E-state index contributed by atoms with van der Waals surface area (Å²) >= 11 is 10.7. The molecule has 1 aliphatic heterocycles. The molecular formula is C19H15BrClFN4OS. The molecule has 4 rings (SSSR count). The van der Waals surface area contributed by atoms with Crippen molar-refractivity contribution in [3.8, 4) is 0 Å². The molecule has 1 aliphatic rings. The number of aromatic nitrogens is 2. The number of halogens is 3. The number of benzene rings is 1. The highest BCUT2D eigenvalue weighted by Gasteiger charge is 2.25. The van der Waals surface area contributed by atoms with E-state index in [9.17, 15) is 9.18 Å². The normalized spacial score (nSPS) is 13.9. The lowest BCUT2D eigenvalue weighted by Gasteiger charge is -2.26. The molecule has 5 nitrogen and oxygen atoms in total. The SMILES string of the molecule is O=C(C=CCBr)N1CCc2c(sc3ncnc(Nc4ccc(F)c(Cl)c4)c23)C1. The number of thiophene rings is 1. The lowest BCUT2D eigenvalue weighted by molar-refractivity contribution is -0.126. The number of rotatable bonds is 4. The van der Waals surface area contributed by atoms with Crippen LogP contribution in [0.5, 0.6) is 0 Å². The van der Waals surface area contributed by atoms with Crippen molar-refractivity contribution in [3.63, 3.8) is 0 Å². The van der Waals surface area contributed by atoms with Crippen molar-refractivity contribution in [1.82, 2.24) is 14.9 Å². The lowest BCUT2D eigenvalue weighted by atomic mass is 10.0. The van der Waals surface area contributed by atoms with Gasteiger partial charge in [-0.2, -0.15) is 0 Å². The van der Waals surface area contributed by atoms with E-state index in [-0.39, 0.29) is 10.9 Å². The highest BCUT2D eigenvalue weighted by molar-refractivity contribution is 9.09. The van der Waals surface area contributed by atoms with E-state index in [0.29, 0.717) is 29.9 Å². The monoisotopic (exact) mass is 480 g/mol. The Morgan fingerprint density at radius 2 is 2.29 bits per heavy atom. The first kappa shape index (κ1) is 19.3. The van der Waals surface area contributed by atoms with E-state index in [1.165, 1.54) is 18.5 Å². The molecule has 0 aliphatic carbocycles. The van der Waals surface area contributed by atoms with Gasteiger partial charge in [-0.1, -0.05) is 33.6 Å². The fourth-order valence-electron chi connectivity index (χ4n) is 3.17. The van der Waals surface area contributed by atoms with Crippen LogP contribution in [0.25, 0.3) is 10.2 Å². The summed E-state index contributed by atoms with van der Waals surface area (Å²) in [6.07, 6.45) is 5.62. The van der Waals surface area contributed by atoms with Crippen LogP contribution in [0.1, 0.15) is 10.4 Å². The van der Waals surface area contributed by atoms with Gasteiger partial charge in [-0.15, -0.1) is 11.3 Å². The first-order valence-electron chi connectivity index (χ1n) is 8.55. The second-order valence-electron chi connectivity index (χ2n) is 6.23. The molecule has 0 unspecified atom stereocenters. The van der Waals surface area contributed by atoms with E-state index in [4.69, 9.17) is 11.6 Å². The molecule has 0 atom stereocenters. The van der Waals surface area contributed by atoms with Crippen LogP contribution in [-0.2, 0) is 17.8 Å². The minimum Gasteiger partial charge on any atom is -0.340 e. The largest absolute Gasteiger partial charge is 0.340 e. The van der Waals surface area contributed by atoms with Gasteiger partial charge in [0.1, 0.15) is 22.8 Å². The van der Waals surface area contributed by atoms with E-state index >= 15 is 0 Å². The molecule has 0 bridgehead atoms. The molecule has 0 saturated heterocycles. The molecule has 0 radical (unpaired) electrons. The van der Waals surface area contributed by atoms with Crippen LogP contribution in [0.4, 0.5) is 15.9 Å². The third kappa shape index (κ3) is 3.76. The molecule has 28 heavy (non-hydrogen) atoms. The zero-order valence-corrected chi connectivity index (χ0v) is 17.7. The zero-order valence-electron chi connectivity index (χ0n) is 14.6. The average molecular weight is 482 g/mol. The van der Waals surface area contributed by atoms with Gasteiger partial charge >= 0.3 is 0 Å². The number of anilines is 2. The second-order valence-corrected chi connectivity index (χ2v) is 8.36. The van der Waals surface area contributed by atoms with Gasteiger partial charge in [0.2, 0.25) is 5.91 Å². The minimum atomic E-state index is -0.466. The number of amides is 1. The number of carbonyl (C=O) groups is 1. The molecule has 1 N–H and O–H groups in total. The van der Waals surface area contributed by atoms with E-state index in [1.807, 2.05) is 4.90 Å². The molecule has 0 saturated carbocycles. The average Bonchev–Trinajstić information content (AvgIpc) is 3.07. The quantitative estimate of drug-likeness (QED) is 0.418. The van der Waals surface area contributed by atoms with Crippen molar-refractivity contribution in [2.45, 2.75) is 13.0 Å². The van der Waals surface area contributed by atoms with Gasteiger partial charge in [0.05, 0.1) is 17.0 Å². The summed E-state index contributed by atoms with van der Waals surface area (Å²) in [5.74, 6) is 0.198. The number of nitrogens with zero attached hydrogens (tertiary/aromatic N) is 3. The number of nitrogens with one attached hydrogen (secondary N) is 1. The zero-order chi connectivity index (χ0) is 19.7. The summed E-state index contributed by atoms with van der Waals surface area (Å²) in [7, 11) is 0. The van der Waals surface area contributed by atoms with Crippen LogP contribution in [0.15, 0.2) is 36.7 Å². The molecule has 3 heterocycles. The summed E-state index contributed by atoms with van der Waals surface area (Å²) in [5.41, 5.74) is 1.81. The number of allylic oxidation sites excluding steroid dienone is 1. The van der Waals surface area contributed by atoms with E-state index in [0.717, 1.165) is 27.1 Å². The highest BCUT2D eigenvalue weighted by Crippen LogP contribution is 2.38. The first-order chi connectivity index (χ1) is 13.6. The van der Waals surface area contributed by atoms with Crippen molar-refractivity contribution in [1.29, 1.82) is 0 Å². The van der Waals surface area contributed by atoms with Crippen LogP contribution in [-0.4, -0.2) is 32.6 Å². The molecule has 1 amide bonds. The molecule has 2 aromatic heterocycles. The number of hydrogen-bond donors (Lipinski definition) is 1. The number of carbonyl (C=O) groups excluding carboxylic acids is 1. The summed E-state index contributed by atoms with van der Waals surface area (Å²) in [6.45, 7) is 1.20. The van der Waals surface area contributed by atoms with Crippen molar-refractivity contribution in [3.05, 3.63) is 58.0 Å². The fourth-order valence-corrected chi connectivity index (χ4v) is 4.74. The Morgan fingerprint density at radius 3 is 3.07 bits per heavy atom. The minimum absolute atomic E-state index is 0.00735. The molecule has 3 aromatic rings. The number of hydrogen-bond acceptors (Lipinski definition) is 5. The van der Waals surface area contributed by atoms with Gasteiger partial charge in [-0.25, -0.2) is 14.4 Å². The first-order valence-corrected chi connectivity index (χ1v) is 10.9. The Kier molecular flexibility index (Phi) is 5.61. The summed E-state index contributed by atoms with van der Waals surface area (Å²) in [4.78, 5) is 24.9. The maximum atomic E-state index is 13.4. The van der Waals surface area contributed by atoms with Crippen LogP contribution < -0.4 is 5.32 Å². The van der Waals surface area contributed by atoms with E-state index < -0.39 is 5.82 Å². The van der Waals surface area contributed by atoms with E-state index in [1.54, 1.807) is 29.6 Å². The van der Waals surface area contributed by atoms with Gasteiger partial charge in [-0.3, -0.25) is 4.79 Å². The smallest absolute Gasteiger partial charge is 0.246 e. The lowest BCUT2D eigenvalue weighted by Crippen LogP contribution is -2.34. The second kappa shape index (κ2) is 8.14. The van der Waals surface area contributed by atoms with Crippen molar-refractivity contribution >= 4 is 66.5 Å². The Labute approximate surface area is 178 Å². The van der Waals surface area contributed by atoms with Crippen LogP contribution >= 0.6 is 38.9 Å². The molecule has 0 fully saturated rings. The third-order valence-electron chi connectivity index (χ3n) is 4.48. The number of fused-ring (bicyclic) bond motifs is 3. The highest BCUT2D eigenvalue weighted by atomic mass is 79.9. The number of alkyl halides is 1.